The van der Waals surface area contributed by atoms with Gasteiger partial charge in [0.25, 0.3) is 0 Å². The zero-order valence-corrected chi connectivity index (χ0v) is 11.5. The molecule has 0 bridgehead atoms. The Morgan fingerprint density at radius 3 is 2.05 bits per heavy atom. The summed E-state index contributed by atoms with van der Waals surface area (Å²) in [6.07, 6.45) is 0. The van der Waals surface area contributed by atoms with Crippen LogP contribution in [0.3, 0.4) is 0 Å². The van der Waals surface area contributed by atoms with E-state index in [-0.39, 0.29) is 5.75 Å². The lowest BCUT2D eigenvalue weighted by Gasteiger charge is -2.08. The van der Waals surface area contributed by atoms with Gasteiger partial charge in [0.15, 0.2) is 0 Å². The molecular formula is C18H13ClO. The van der Waals surface area contributed by atoms with Gasteiger partial charge in [-0.2, -0.15) is 0 Å². The second-order valence-electron chi connectivity index (χ2n) is 4.61. The average Bonchev–Trinajstić information content (AvgIpc) is 2.48. The highest BCUT2D eigenvalue weighted by atomic mass is 35.5. The first-order valence-electron chi connectivity index (χ1n) is 6.38. The number of hydrogen-bond donors (Lipinski definition) is 1. The molecule has 0 heterocycles. The molecule has 1 N–H and O–H groups in total. The van der Waals surface area contributed by atoms with Gasteiger partial charge in [0, 0.05) is 10.6 Å². The third kappa shape index (κ3) is 2.54. The van der Waals surface area contributed by atoms with Crippen LogP contribution in [0.25, 0.3) is 22.3 Å². The van der Waals surface area contributed by atoms with Gasteiger partial charge >= 0.3 is 0 Å². The van der Waals surface area contributed by atoms with E-state index in [4.69, 9.17) is 11.6 Å². The van der Waals surface area contributed by atoms with Crippen molar-refractivity contribution in [1.29, 1.82) is 0 Å². The van der Waals surface area contributed by atoms with E-state index in [1.165, 1.54) is 0 Å². The lowest BCUT2D eigenvalue weighted by atomic mass is 9.99. The first kappa shape index (κ1) is 12.8. The van der Waals surface area contributed by atoms with E-state index in [9.17, 15) is 5.11 Å². The van der Waals surface area contributed by atoms with Gasteiger partial charge in [-0.25, -0.2) is 0 Å². The fourth-order valence-corrected chi connectivity index (χ4v) is 2.49. The topological polar surface area (TPSA) is 20.2 Å². The maximum Gasteiger partial charge on any atom is 0.116 e. The molecule has 0 unspecified atom stereocenters. The van der Waals surface area contributed by atoms with E-state index in [2.05, 4.69) is 6.07 Å². The van der Waals surface area contributed by atoms with E-state index < -0.39 is 0 Å². The first-order valence-corrected chi connectivity index (χ1v) is 6.76. The average molecular weight is 281 g/mol. The van der Waals surface area contributed by atoms with Gasteiger partial charge < -0.3 is 5.11 Å². The fraction of sp³-hybridized carbons (Fsp3) is 0. The summed E-state index contributed by atoms with van der Waals surface area (Å²) in [5, 5.41) is 10.3. The van der Waals surface area contributed by atoms with Crippen LogP contribution in [0.4, 0.5) is 0 Å². The SMILES string of the molecule is Oc1cccc(-c2cccc(-c3ccccc3Cl)c2)c1. The van der Waals surface area contributed by atoms with Crippen LogP contribution in [0, 0.1) is 0 Å². The zero-order chi connectivity index (χ0) is 13.9. The van der Waals surface area contributed by atoms with Gasteiger partial charge in [0.05, 0.1) is 0 Å². The van der Waals surface area contributed by atoms with Crippen LogP contribution < -0.4 is 0 Å². The molecule has 3 aromatic rings. The van der Waals surface area contributed by atoms with Gasteiger partial charge in [0.1, 0.15) is 5.75 Å². The number of benzene rings is 3. The summed E-state index contributed by atoms with van der Waals surface area (Å²) in [5.74, 6) is 0.269. The molecule has 0 spiro atoms. The normalized spacial score (nSPS) is 10.4. The molecule has 0 saturated carbocycles. The van der Waals surface area contributed by atoms with Crippen LogP contribution in [0.1, 0.15) is 0 Å². The van der Waals surface area contributed by atoms with Crippen molar-refractivity contribution in [3.63, 3.8) is 0 Å². The Bertz CT molecular complexity index is 750. The summed E-state index contributed by atoms with van der Waals surface area (Å²) >= 11 is 6.24. The second kappa shape index (κ2) is 5.40. The maximum absolute atomic E-state index is 9.58. The maximum atomic E-state index is 9.58. The van der Waals surface area contributed by atoms with Crippen molar-refractivity contribution in [3.05, 3.63) is 77.8 Å². The molecule has 98 valence electrons. The number of halogens is 1. The quantitative estimate of drug-likeness (QED) is 0.668. The molecule has 0 aliphatic heterocycles. The molecule has 3 rings (SSSR count). The van der Waals surface area contributed by atoms with Crippen molar-refractivity contribution in [2.75, 3.05) is 0 Å². The minimum atomic E-state index is 0.269. The highest BCUT2D eigenvalue weighted by Gasteiger charge is 2.05. The first-order chi connectivity index (χ1) is 9.74. The van der Waals surface area contributed by atoms with E-state index in [1.54, 1.807) is 12.1 Å². The van der Waals surface area contributed by atoms with Crippen LogP contribution in [-0.4, -0.2) is 5.11 Å². The van der Waals surface area contributed by atoms with Crippen molar-refractivity contribution >= 4 is 11.6 Å². The number of hydrogen-bond acceptors (Lipinski definition) is 1. The van der Waals surface area contributed by atoms with Crippen molar-refractivity contribution in [2.24, 2.45) is 0 Å². The number of rotatable bonds is 2. The van der Waals surface area contributed by atoms with Gasteiger partial charge in [-0.05, 0) is 41.0 Å². The highest BCUT2D eigenvalue weighted by molar-refractivity contribution is 6.33. The van der Waals surface area contributed by atoms with Crippen LogP contribution in [-0.2, 0) is 0 Å². The Kier molecular flexibility index (Phi) is 3.44. The molecule has 1 nitrogen and oxygen atoms in total. The third-order valence-electron chi connectivity index (χ3n) is 3.23. The van der Waals surface area contributed by atoms with Crippen LogP contribution >= 0.6 is 11.6 Å². The van der Waals surface area contributed by atoms with E-state index in [1.807, 2.05) is 54.6 Å². The molecule has 0 aliphatic rings. The summed E-state index contributed by atoms with van der Waals surface area (Å²) in [6.45, 7) is 0. The molecule has 0 fully saturated rings. The molecule has 2 heteroatoms. The van der Waals surface area contributed by atoms with Gasteiger partial charge in [-0.1, -0.05) is 60.1 Å². The van der Waals surface area contributed by atoms with Crippen LogP contribution in [0.5, 0.6) is 5.75 Å². The van der Waals surface area contributed by atoms with Crippen molar-refractivity contribution in [3.8, 4) is 28.0 Å². The Hall–Kier alpha value is -2.25. The predicted octanol–water partition coefficient (Wildman–Crippen LogP) is 5.38. The predicted molar refractivity (Wildman–Crippen MR) is 84.0 cm³/mol. The van der Waals surface area contributed by atoms with Gasteiger partial charge in [-0.3, -0.25) is 0 Å². The summed E-state index contributed by atoms with van der Waals surface area (Å²) in [6, 6.07) is 23.2. The Labute approximate surface area is 123 Å². The molecule has 0 aliphatic carbocycles. The molecular weight excluding hydrogens is 268 g/mol. The molecule has 20 heavy (non-hydrogen) atoms. The minimum absolute atomic E-state index is 0.269. The van der Waals surface area contributed by atoms with E-state index >= 15 is 0 Å². The van der Waals surface area contributed by atoms with Crippen molar-refractivity contribution < 1.29 is 5.11 Å². The Morgan fingerprint density at radius 1 is 0.650 bits per heavy atom. The molecule has 3 aromatic carbocycles. The largest absolute Gasteiger partial charge is 0.508 e. The smallest absolute Gasteiger partial charge is 0.116 e. The van der Waals surface area contributed by atoms with Crippen molar-refractivity contribution in [2.45, 2.75) is 0 Å². The monoisotopic (exact) mass is 280 g/mol. The molecule has 0 aromatic heterocycles. The third-order valence-corrected chi connectivity index (χ3v) is 3.56. The molecule has 0 saturated heterocycles. The highest BCUT2D eigenvalue weighted by Crippen LogP contribution is 2.31. The molecule has 0 radical (unpaired) electrons. The van der Waals surface area contributed by atoms with Gasteiger partial charge in [-0.15, -0.1) is 0 Å². The summed E-state index contributed by atoms with van der Waals surface area (Å²) in [4.78, 5) is 0. The Balaban J connectivity index is 2.09. The molecule has 0 atom stereocenters. The molecule has 0 amide bonds. The minimum Gasteiger partial charge on any atom is -0.508 e. The zero-order valence-electron chi connectivity index (χ0n) is 10.8. The number of aromatic hydroxyl groups is 1. The lowest BCUT2D eigenvalue weighted by Crippen LogP contribution is -1.82. The summed E-state index contributed by atoms with van der Waals surface area (Å²) in [7, 11) is 0. The fourth-order valence-electron chi connectivity index (χ4n) is 2.25. The van der Waals surface area contributed by atoms with Crippen molar-refractivity contribution in [1.82, 2.24) is 0 Å². The standard InChI is InChI=1S/C18H13ClO/c19-18-10-2-1-9-17(18)15-7-3-5-13(11-15)14-6-4-8-16(20)12-14/h1-12,20H. The lowest BCUT2D eigenvalue weighted by molar-refractivity contribution is 0.475. The summed E-state index contributed by atoms with van der Waals surface area (Å²) < 4.78 is 0. The second-order valence-corrected chi connectivity index (χ2v) is 5.02. The van der Waals surface area contributed by atoms with Crippen LogP contribution in [0.15, 0.2) is 72.8 Å². The van der Waals surface area contributed by atoms with Gasteiger partial charge in [0.2, 0.25) is 0 Å². The number of phenols is 1. The van der Waals surface area contributed by atoms with E-state index in [0.717, 1.165) is 27.3 Å². The van der Waals surface area contributed by atoms with Crippen LogP contribution in [0.2, 0.25) is 5.02 Å². The summed E-state index contributed by atoms with van der Waals surface area (Å²) in [5.41, 5.74) is 4.12. The number of phenolic OH excluding ortho intramolecular Hbond substituents is 1. The van der Waals surface area contributed by atoms with E-state index in [0.29, 0.717) is 0 Å². The Morgan fingerprint density at radius 2 is 1.30 bits per heavy atom.